The third-order valence-corrected chi connectivity index (χ3v) is 4.39. The Balaban J connectivity index is 1.77. The molecular weight excluding hydrogens is 374 g/mol. The van der Waals surface area contributed by atoms with Crippen LogP contribution in [-0.4, -0.2) is 13.1 Å². The lowest BCUT2D eigenvalue weighted by Gasteiger charge is -2.07. The first-order valence-electron chi connectivity index (χ1n) is 9.41. The molecule has 0 saturated carbocycles. The van der Waals surface area contributed by atoms with Crippen molar-refractivity contribution in [3.8, 4) is 17.6 Å². The molecule has 0 aliphatic heterocycles. The summed E-state index contributed by atoms with van der Waals surface area (Å²) in [6, 6.07) is 24.4. The van der Waals surface area contributed by atoms with Gasteiger partial charge < -0.3 is 9.47 Å². The molecule has 148 valence electrons. The second kappa shape index (κ2) is 9.90. The maximum atomic E-state index is 12.2. The number of carbonyl (C=O) groups excluding carboxylic acids is 1. The molecule has 0 aliphatic rings. The second-order valence-electron chi connectivity index (χ2n) is 6.61. The number of methoxy groups -OCH3 is 1. The van der Waals surface area contributed by atoms with Crippen LogP contribution in [0.2, 0.25) is 0 Å². The van der Waals surface area contributed by atoms with Gasteiger partial charge in [0.05, 0.1) is 18.8 Å². The minimum atomic E-state index is -0.470. The fraction of sp³-hybridized carbons (Fsp3) is 0.0769. The molecule has 0 saturated heterocycles. The Labute approximate surface area is 176 Å². The highest BCUT2D eigenvalue weighted by molar-refractivity contribution is 5.92. The number of nitrogens with zero attached hydrogens (tertiary/aromatic N) is 1. The fourth-order valence-electron chi connectivity index (χ4n) is 2.86. The first kappa shape index (κ1) is 20.6. The fourth-order valence-corrected chi connectivity index (χ4v) is 2.86. The van der Waals surface area contributed by atoms with E-state index in [0.29, 0.717) is 22.6 Å². The zero-order valence-corrected chi connectivity index (χ0v) is 16.8. The minimum Gasteiger partial charge on any atom is -0.496 e. The average Bonchev–Trinajstić information content (AvgIpc) is 2.77. The molecule has 4 nitrogen and oxygen atoms in total. The van der Waals surface area contributed by atoms with Crippen molar-refractivity contribution in [3.05, 3.63) is 101 Å². The van der Waals surface area contributed by atoms with Crippen LogP contribution in [0.3, 0.4) is 0 Å². The smallest absolute Gasteiger partial charge is 0.336 e. The Morgan fingerprint density at radius 3 is 2.47 bits per heavy atom. The van der Waals surface area contributed by atoms with Crippen LogP contribution in [0.5, 0.6) is 11.5 Å². The van der Waals surface area contributed by atoms with Gasteiger partial charge in [-0.15, -0.1) is 0 Å². The Morgan fingerprint density at radius 2 is 1.73 bits per heavy atom. The van der Waals surface area contributed by atoms with Crippen molar-refractivity contribution in [2.45, 2.75) is 6.92 Å². The standard InChI is InChI=1S/C26H21NO3/c1-19-10-12-20(13-11-19)14-15-26(28)30-23-7-5-6-21(17-23)16-22(18-27)24-8-3-4-9-25(24)29-2/h3-17H,1-2H3/b15-14+,22-16-. The third kappa shape index (κ3) is 5.46. The first-order chi connectivity index (χ1) is 14.6. The van der Waals surface area contributed by atoms with E-state index in [1.807, 2.05) is 55.5 Å². The van der Waals surface area contributed by atoms with Gasteiger partial charge >= 0.3 is 5.97 Å². The molecule has 4 heteroatoms. The van der Waals surface area contributed by atoms with Gasteiger partial charge in [-0.05, 0) is 54.5 Å². The zero-order valence-electron chi connectivity index (χ0n) is 16.8. The van der Waals surface area contributed by atoms with E-state index >= 15 is 0 Å². The lowest BCUT2D eigenvalue weighted by Crippen LogP contribution is -2.03. The van der Waals surface area contributed by atoms with Gasteiger partial charge in [0.25, 0.3) is 0 Å². The highest BCUT2D eigenvalue weighted by Gasteiger charge is 2.08. The number of benzene rings is 3. The van der Waals surface area contributed by atoms with Crippen LogP contribution < -0.4 is 9.47 Å². The molecule has 0 N–H and O–H groups in total. The van der Waals surface area contributed by atoms with Crippen molar-refractivity contribution in [1.29, 1.82) is 5.26 Å². The molecule has 3 aromatic carbocycles. The van der Waals surface area contributed by atoms with E-state index in [1.54, 1.807) is 43.5 Å². The molecule has 0 aromatic heterocycles. The van der Waals surface area contributed by atoms with Crippen LogP contribution in [-0.2, 0) is 4.79 Å². The monoisotopic (exact) mass is 395 g/mol. The first-order valence-corrected chi connectivity index (χ1v) is 9.41. The van der Waals surface area contributed by atoms with Crippen molar-refractivity contribution < 1.29 is 14.3 Å². The summed E-state index contributed by atoms with van der Waals surface area (Å²) in [4.78, 5) is 12.2. The van der Waals surface area contributed by atoms with E-state index in [0.717, 1.165) is 16.7 Å². The van der Waals surface area contributed by atoms with E-state index in [1.165, 1.54) is 6.08 Å². The third-order valence-electron chi connectivity index (χ3n) is 4.39. The van der Waals surface area contributed by atoms with Crippen LogP contribution >= 0.6 is 0 Å². The summed E-state index contributed by atoms with van der Waals surface area (Å²) in [6.07, 6.45) is 4.83. The van der Waals surface area contributed by atoms with Crippen molar-refractivity contribution >= 4 is 23.7 Å². The summed E-state index contributed by atoms with van der Waals surface area (Å²) in [7, 11) is 1.57. The Bertz CT molecular complexity index is 1140. The number of esters is 1. The number of para-hydroxylation sites is 1. The average molecular weight is 395 g/mol. The van der Waals surface area contributed by atoms with E-state index in [9.17, 15) is 10.1 Å². The van der Waals surface area contributed by atoms with Gasteiger partial charge in [0.1, 0.15) is 11.5 Å². The molecule has 0 aliphatic carbocycles. The number of allylic oxidation sites excluding steroid dienone is 1. The summed E-state index contributed by atoms with van der Waals surface area (Å²) < 4.78 is 10.7. The normalized spacial score (nSPS) is 11.2. The lowest BCUT2D eigenvalue weighted by atomic mass is 10.0. The molecule has 30 heavy (non-hydrogen) atoms. The van der Waals surface area contributed by atoms with Gasteiger partial charge in [-0.1, -0.05) is 54.1 Å². The number of hydrogen-bond donors (Lipinski definition) is 0. The predicted molar refractivity (Wildman–Crippen MR) is 119 cm³/mol. The van der Waals surface area contributed by atoms with E-state index in [4.69, 9.17) is 9.47 Å². The molecule has 3 rings (SSSR count). The molecule has 3 aromatic rings. The molecule has 0 atom stereocenters. The van der Waals surface area contributed by atoms with Crippen LogP contribution in [0.1, 0.15) is 22.3 Å². The van der Waals surface area contributed by atoms with E-state index < -0.39 is 5.97 Å². The van der Waals surface area contributed by atoms with Crippen molar-refractivity contribution in [3.63, 3.8) is 0 Å². The summed E-state index contributed by atoms with van der Waals surface area (Å²) >= 11 is 0. The van der Waals surface area contributed by atoms with Gasteiger partial charge in [-0.3, -0.25) is 0 Å². The van der Waals surface area contributed by atoms with Crippen molar-refractivity contribution in [1.82, 2.24) is 0 Å². The lowest BCUT2D eigenvalue weighted by molar-refractivity contribution is -0.128. The highest BCUT2D eigenvalue weighted by atomic mass is 16.5. The number of nitriles is 1. The molecule has 0 amide bonds. The van der Waals surface area contributed by atoms with Gasteiger partial charge in [0.2, 0.25) is 0 Å². The molecule has 0 unspecified atom stereocenters. The summed E-state index contributed by atoms with van der Waals surface area (Å²) in [5.74, 6) is 0.552. The van der Waals surface area contributed by atoms with Crippen molar-refractivity contribution in [2.24, 2.45) is 0 Å². The number of ether oxygens (including phenoxy) is 2. The second-order valence-corrected chi connectivity index (χ2v) is 6.61. The van der Waals surface area contributed by atoms with Gasteiger partial charge in [-0.2, -0.15) is 5.26 Å². The zero-order chi connectivity index (χ0) is 21.3. The van der Waals surface area contributed by atoms with Gasteiger partial charge in [0, 0.05) is 11.6 Å². The van der Waals surface area contributed by atoms with Crippen LogP contribution in [0.4, 0.5) is 0 Å². The number of rotatable bonds is 6. The van der Waals surface area contributed by atoms with Crippen LogP contribution in [0.25, 0.3) is 17.7 Å². The number of aryl methyl sites for hydroxylation is 1. The van der Waals surface area contributed by atoms with Gasteiger partial charge in [0.15, 0.2) is 0 Å². The summed E-state index contributed by atoms with van der Waals surface area (Å²) in [6.45, 7) is 2.01. The molecular formula is C26H21NO3. The number of hydrogen-bond acceptors (Lipinski definition) is 4. The van der Waals surface area contributed by atoms with Crippen LogP contribution in [0.15, 0.2) is 78.9 Å². The molecule has 0 fully saturated rings. The Hall–Kier alpha value is -4.10. The molecule has 0 spiro atoms. The SMILES string of the molecule is COc1ccccc1/C(C#N)=C\c1cccc(OC(=O)/C=C/c2ccc(C)cc2)c1. The maximum absolute atomic E-state index is 12.2. The van der Waals surface area contributed by atoms with Gasteiger partial charge in [-0.25, -0.2) is 4.79 Å². The summed E-state index contributed by atoms with van der Waals surface area (Å²) in [5, 5.41) is 9.60. The molecule has 0 bridgehead atoms. The summed E-state index contributed by atoms with van der Waals surface area (Å²) in [5.41, 5.74) is 3.97. The predicted octanol–water partition coefficient (Wildman–Crippen LogP) is 5.69. The molecule has 0 radical (unpaired) electrons. The minimum absolute atomic E-state index is 0.402. The van der Waals surface area contributed by atoms with Crippen LogP contribution in [0, 0.1) is 18.3 Å². The number of carbonyl (C=O) groups is 1. The maximum Gasteiger partial charge on any atom is 0.336 e. The van der Waals surface area contributed by atoms with Crippen molar-refractivity contribution in [2.75, 3.05) is 7.11 Å². The highest BCUT2D eigenvalue weighted by Crippen LogP contribution is 2.27. The Kier molecular flexibility index (Phi) is 6.81. The van der Waals surface area contributed by atoms with E-state index in [2.05, 4.69) is 6.07 Å². The quantitative estimate of drug-likeness (QED) is 0.177. The van der Waals surface area contributed by atoms with E-state index in [-0.39, 0.29) is 0 Å². The topological polar surface area (TPSA) is 59.3 Å². The largest absolute Gasteiger partial charge is 0.496 e. The molecule has 0 heterocycles. The Morgan fingerprint density at radius 1 is 0.967 bits per heavy atom.